The molecule has 0 aliphatic heterocycles. The fourth-order valence-corrected chi connectivity index (χ4v) is 3.63. The molecule has 0 amide bonds. The Kier molecular flexibility index (Phi) is 2.89. The number of aromatic hydroxyl groups is 2. The quantitative estimate of drug-likeness (QED) is 0.338. The van der Waals surface area contributed by atoms with Crippen molar-refractivity contribution in [1.82, 2.24) is 0 Å². The van der Waals surface area contributed by atoms with E-state index in [9.17, 15) is 19.0 Å². The van der Waals surface area contributed by atoms with Gasteiger partial charge in [-0.15, -0.1) is 0 Å². The lowest BCUT2D eigenvalue weighted by molar-refractivity contribution is 0.486. The average Bonchev–Trinajstić information content (AvgIpc) is 2.63. The highest BCUT2D eigenvalue weighted by atomic mass is 19.1. The number of phenolic OH excluding ortho intramolecular Hbond substituents is 2. The van der Waals surface area contributed by atoms with Crippen molar-refractivity contribution < 1.29 is 19.0 Å². The third kappa shape index (κ3) is 2.02. The number of rotatable bonds is 0. The molecule has 5 aromatic rings. The van der Waals surface area contributed by atoms with Crippen LogP contribution in [0.3, 0.4) is 0 Å². The van der Waals surface area contributed by atoms with Crippen LogP contribution in [0, 0.1) is 11.6 Å². The van der Waals surface area contributed by atoms with Crippen LogP contribution in [-0.2, 0) is 0 Å². The highest BCUT2D eigenvalue weighted by Gasteiger charge is 2.13. The smallest absolute Gasteiger partial charge is 0.131 e. The summed E-state index contributed by atoms with van der Waals surface area (Å²) in [5, 5.41) is 26.1. The summed E-state index contributed by atoms with van der Waals surface area (Å²) in [4.78, 5) is 0. The maximum atomic E-state index is 13.6. The van der Waals surface area contributed by atoms with Crippen molar-refractivity contribution in [2.24, 2.45) is 0 Å². The zero-order chi connectivity index (χ0) is 18.0. The summed E-state index contributed by atoms with van der Waals surface area (Å²) in [6.45, 7) is 0. The first-order valence-corrected chi connectivity index (χ1v) is 8.11. The summed E-state index contributed by atoms with van der Waals surface area (Å²) in [6.07, 6.45) is 0. The number of halogens is 2. The molecule has 0 aliphatic rings. The van der Waals surface area contributed by atoms with Gasteiger partial charge in [-0.05, 0) is 70.1 Å². The van der Waals surface area contributed by atoms with E-state index >= 15 is 0 Å². The fraction of sp³-hybridized carbons (Fsp3) is 0. The average molecular weight is 346 g/mol. The Hall–Kier alpha value is -3.40. The molecular weight excluding hydrogens is 334 g/mol. The summed E-state index contributed by atoms with van der Waals surface area (Å²) in [5.41, 5.74) is 0. The minimum atomic E-state index is -0.418. The van der Waals surface area contributed by atoms with Gasteiger partial charge < -0.3 is 10.2 Å². The number of hydrogen-bond donors (Lipinski definition) is 2. The molecule has 0 fully saturated rings. The molecule has 0 aliphatic carbocycles. The summed E-state index contributed by atoms with van der Waals surface area (Å²) < 4.78 is 27.1. The van der Waals surface area contributed by atoms with E-state index in [0.29, 0.717) is 43.1 Å². The topological polar surface area (TPSA) is 40.5 Å². The zero-order valence-corrected chi connectivity index (χ0v) is 13.4. The zero-order valence-electron chi connectivity index (χ0n) is 13.4. The van der Waals surface area contributed by atoms with Gasteiger partial charge in [0.05, 0.1) is 0 Å². The molecule has 0 spiro atoms. The Balaban J connectivity index is 1.96. The predicted octanol–water partition coefficient (Wildman–Crippen LogP) is 5.99. The molecule has 0 saturated heterocycles. The van der Waals surface area contributed by atoms with Crippen LogP contribution < -0.4 is 0 Å². The van der Waals surface area contributed by atoms with Crippen molar-refractivity contribution in [2.45, 2.75) is 0 Å². The van der Waals surface area contributed by atoms with Gasteiger partial charge in [0.2, 0.25) is 0 Å². The second-order valence-electron chi connectivity index (χ2n) is 6.48. The molecule has 0 bridgehead atoms. The largest absolute Gasteiger partial charge is 0.507 e. The van der Waals surface area contributed by atoms with Gasteiger partial charge in [-0.2, -0.15) is 0 Å². The number of hydrogen-bond acceptors (Lipinski definition) is 2. The maximum absolute atomic E-state index is 13.6. The molecule has 2 nitrogen and oxygen atoms in total. The van der Waals surface area contributed by atoms with E-state index in [-0.39, 0.29) is 11.5 Å². The number of fused-ring (bicyclic) bond motifs is 4. The lowest BCUT2D eigenvalue weighted by atomic mass is 9.96. The van der Waals surface area contributed by atoms with E-state index in [0.717, 1.165) is 0 Å². The lowest BCUT2D eigenvalue weighted by Gasteiger charge is -2.11. The van der Waals surface area contributed by atoms with Crippen LogP contribution in [0.25, 0.3) is 43.1 Å². The molecule has 2 N–H and O–H groups in total. The number of phenols is 2. The Morgan fingerprint density at radius 1 is 0.462 bits per heavy atom. The van der Waals surface area contributed by atoms with Crippen LogP contribution in [-0.4, -0.2) is 10.2 Å². The number of benzene rings is 5. The van der Waals surface area contributed by atoms with Crippen molar-refractivity contribution >= 4 is 43.1 Å². The molecular formula is C22H12F2O2. The van der Waals surface area contributed by atoms with Crippen molar-refractivity contribution in [2.75, 3.05) is 0 Å². The van der Waals surface area contributed by atoms with Crippen molar-refractivity contribution in [3.8, 4) is 11.5 Å². The van der Waals surface area contributed by atoms with Crippen LogP contribution in [0.4, 0.5) is 8.78 Å². The third-order valence-corrected chi connectivity index (χ3v) is 4.89. The van der Waals surface area contributed by atoms with Crippen LogP contribution in [0.5, 0.6) is 11.5 Å². The molecule has 0 aromatic heterocycles. The lowest BCUT2D eigenvalue weighted by Crippen LogP contribution is -1.85. The van der Waals surface area contributed by atoms with Gasteiger partial charge >= 0.3 is 0 Å². The van der Waals surface area contributed by atoms with Gasteiger partial charge in [0.15, 0.2) is 0 Å². The van der Waals surface area contributed by atoms with E-state index in [4.69, 9.17) is 0 Å². The summed E-state index contributed by atoms with van der Waals surface area (Å²) >= 11 is 0. The van der Waals surface area contributed by atoms with Crippen LogP contribution in [0.15, 0.2) is 60.7 Å². The van der Waals surface area contributed by atoms with E-state index < -0.39 is 11.6 Å². The first-order chi connectivity index (χ1) is 12.5. The Morgan fingerprint density at radius 2 is 0.846 bits per heavy atom. The molecule has 0 unspecified atom stereocenters. The first kappa shape index (κ1) is 14.9. The Labute approximate surface area is 146 Å². The molecule has 0 radical (unpaired) electrons. The maximum Gasteiger partial charge on any atom is 0.131 e. The van der Waals surface area contributed by atoms with Gasteiger partial charge in [-0.1, -0.05) is 12.1 Å². The van der Waals surface area contributed by atoms with Crippen molar-refractivity contribution in [3.63, 3.8) is 0 Å². The van der Waals surface area contributed by atoms with Crippen LogP contribution in [0.2, 0.25) is 0 Å². The standard InChI is InChI=1S/C22H12F2O2/c23-15-3-1-11-5-13-7-18-14(8-17(13)21(25)19(11)9-15)6-12-2-4-16(24)10-20(12)22(18)26/h1-10,25-26H. The fourth-order valence-electron chi connectivity index (χ4n) is 3.63. The highest BCUT2D eigenvalue weighted by Crippen LogP contribution is 2.40. The minimum absolute atomic E-state index is 0.00223. The summed E-state index contributed by atoms with van der Waals surface area (Å²) in [6, 6.07) is 15.7. The van der Waals surface area contributed by atoms with E-state index in [1.54, 1.807) is 24.3 Å². The molecule has 126 valence electrons. The molecule has 5 aromatic carbocycles. The third-order valence-electron chi connectivity index (χ3n) is 4.89. The van der Waals surface area contributed by atoms with E-state index in [1.807, 2.05) is 12.1 Å². The molecule has 0 saturated carbocycles. The Morgan fingerprint density at radius 3 is 1.27 bits per heavy atom. The van der Waals surface area contributed by atoms with Crippen molar-refractivity contribution in [3.05, 3.63) is 72.3 Å². The monoisotopic (exact) mass is 346 g/mol. The second kappa shape index (κ2) is 5.05. The van der Waals surface area contributed by atoms with Gasteiger partial charge in [0.1, 0.15) is 23.1 Å². The molecule has 0 heterocycles. The predicted molar refractivity (Wildman–Crippen MR) is 99.7 cm³/mol. The highest BCUT2D eigenvalue weighted by molar-refractivity contribution is 6.14. The Bertz CT molecular complexity index is 1270. The first-order valence-electron chi connectivity index (χ1n) is 8.11. The van der Waals surface area contributed by atoms with Gasteiger partial charge in [0, 0.05) is 21.5 Å². The second-order valence-corrected chi connectivity index (χ2v) is 6.48. The van der Waals surface area contributed by atoms with Crippen LogP contribution in [0.1, 0.15) is 0 Å². The van der Waals surface area contributed by atoms with Gasteiger partial charge in [0.25, 0.3) is 0 Å². The van der Waals surface area contributed by atoms with Gasteiger partial charge in [-0.25, -0.2) is 8.78 Å². The SMILES string of the molecule is Oc1c2cc(F)ccc2cc2cc3c(O)c4cc(F)ccc4cc3cc12. The normalized spacial score (nSPS) is 11.8. The molecule has 26 heavy (non-hydrogen) atoms. The van der Waals surface area contributed by atoms with Gasteiger partial charge in [-0.3, -0.25) is 0 Å². The van der Waals surface area contributed by atoms with E-state index in [2.05, 4.69) is 0 Å². The summed E-state index contributed by atoms with van der Waals surface area (Å²) in [5.74, 6) is -0.840. The molecule has 0 atom stereocenters. The molecule has 4 heteroatoms. The van der Waals surface area contributed by atoms with E-state index in [1.165, 1.54) is 24.3 Å². The molecule has 5 rings (SSSR count). The summed E-state index contributed by atoms with van der Waals surface area (Å²) in [7, 11) is 0. The minimum Gasteiger partial charge on any atom is -0.507 e. The van der Waals surface area contributed by atoms with Crippen molar-refractivity contribution in [1.29, 1.82) is 0 Å². The van der Waals surface area contributed by atoms with Crippen LogP contribution >= 0.6 is 0 Å².